The highest BCUT2D eigenvalue weighted by molar-refractivity contribution is 5.98. The van der Waals surface area contributed by atoms with Gasteiger partial charge in [0.25, 0.3) is 0 Å². The molecule has 0 amide bonds. The topological polar surface area (TPSA) is 22.6 Å². The fraction of sp³-hybridized carbons (Fsp3) is 0.0408. The van der Waals surface area contributed by atoms with Crippen LogP contribution >= 0.6 is 0 Å². The molecule has 4 nitrogen and oxygen atoms in total. The maximum absolute atomic E-state index is 4.79. The van der Waals surface area contributed by atoms with Crippen molar-refractivity contribution in [1.29, 1.82) is 0 Å². The number of anilines is 5. The van der Waals surface area contributed by atoms with Gasteiger partial charge in [-0.15, -0.1) is 0 Å². The fourth-order valence-corrected chi connectivity index (χ4v) is 8.80. The van der Waals surface area contributed by atoms with Crippen molar-refractivity contribution in [3.63, 3.8) is 0 Å². The van der Waals surface area contributed by atoms with Gasteiger partial charge < -0.3 is 9.80 Å². The zero-order valence-electron chi connectivity index (χ0n) is 29.0. The molecule has 1 unspecified atom stereocenters. The summed E-state index contributed by atoms with van der Waals surface area (Å²) in [5, 5.41) is 1.14. The summed E-state index contributed by atoms with van der Waals surface area (Å²) in [4.78, 5) is 12.3. The second-order valence-electron chi connectivity index (χ2n) is 14.0. The average molecular weight is 679 g/mol. The lowest BCUT2D eigenvalue weighted by Crippen LogP contribution is -2.25. The molecule has 0 bridgehead atoms. The minimum absolute atomic E-state index is 0.256. The highest BCUT2D eigenvalue weighted by Crippen LogP contribution is 2.59. The largest absolute Gasteiger partial charge is 0.323 e. The lowest BCUT2D eigenvalue weighted by atomic mass is 9.91. The lowest BCUT2D eigenvalue weighted by Gasteiger charge is -2.28. The van der Waals surface area contributed by atoms with Crippen molar-refractivity contribution < 1.29 is 0 Å². The van der Waals surface area contributed by atoms with Crippen LogP contribution < -0.4 is 14.7 Å². The summed E-state index contributed by atoms with van der Waals surface area (Å²) in [5.41, 5.74) is 16.8. The number of aromatic nitrogens is 1. The van der Waals surface area contributed by atoms with E-state index >= 15 is 0 Å². The Morgan fingerprint density at radius 2 is 1.13 bits per heavy atom. The summed E-state index contributed by atoms with van der Waals surface area (Å²) in [7, 11) is 0. The predicted molar refractivity (Wildman–Crippen MR) is 219 cm³/mol. The van der Waals surface area contributed by atoms with E-state index in [1.807, 2.05) is 12.3 Å². The molecule has 11 rings (SSSR count). The SMILES string of the molecule is c1ccc(-c2ccc(N3C4=C5C(CN4c4ccccc43)c3ccccc3N5c3ccccc3)cc2-c2cccc(-c3cccc4cccnc34)c2)cc1. The molecule has 3 aliphatic rings. The molecule has 3 aliphatic heterocycles. The van der Waals surface area contributed by atoms with Crippen molar-refractivity contribution in [2.24, 2.45) is 0 Å². The van der Waals surface area contributed by atoms with Gasteiger partial charge >= 0.3 is 0 Å². The van der Waals surface area contributed by atoms with Gasteiger partial charge in [-0.25, -0.2) is 0 Å². The summed E-state index contributed by atoms with van der Waals surface area (Å²) in [6.07, 6.45) is 1.88. The Balaban J connectivity index is 1.13. The number of hydrogen-bond donors (Lipinski definition) is 0. The van der Waals surface area contributed by atoms with Gasteiger partial charge in [0.1, 0.15) is 5.82 Å². The Morgan fingerprint density at radius 1 is 0.453 bits per heavy atom. The molecule has 1 atom stereocenters. The summed E-state index contributed by atoms with van der Waals surface area (Å²) in [5.74, 6) is 1.48. The minimum atomic E-state index is 0.256. The van der Waals surface area contributed by atoms with Crippen LogP contribution in [0.1, 0.15) is 11.5 Å². The van der Waals surface area contributed by atoms with Crippen LogP contribution in [-0.2, 0) is 0 Å². The van der Waals surface area contributed by atoms with Crippen LogP contribution in [0.3, 0.4) is 0 Å². The molecule has 4 heterocycles. The van der Waals surface area contributed by atoms with Crippen molar-refractivity contribution in [3.8, 4) is 33.4 Å². The van der Waals surface area contributed by atoms with Crippen molar-refractivity contribution in [2.75, 3.05) is 21.2 Å². The average Bonchev–Trinajstić information content (AvgIpc) is 3.87. The van der Waals surface area contributed by atoms with Gasteiger partial charge in [-0.2, -0.15) is 0 Å². The van der Waals surface area contributed by atoms with Gasteiger partial charge in [-0.3, -0.25) is 9.88 Å². The number of fused-ring (bicyclic) bond motifs is 7. The van der Waals surface area contributed by atoms with E-state index in [9.17, 15) is 0 Å². The van der Waals surface area contributed by atoms with Gasteiger partial charge in [-0.1, -0.05) is 127 Å². The van der Waals surface area contributed by atoms with Gasteiger partial charge in [-0.05, 0) is 88.0 Å². The second-order valence-corrected chi connectivity index (χ2v) is 14.0. The van der Waals surface area contributed by atoms with Crippen LogP contribution in [0.2, 0.25) is 0 Å². The summed E-state index contributed by atoms with van der Waals surface area (Å²) in [6, 6.07) is 66.0. The van der Waals surface area contributed by atoms with E-state index in [2.05, 4.69) is 191 Å². The molecule has 0 aliphatic carbocycles. The van der Waals surface area contributed by atoms with E-state index in [-0.39, 0.29) is 5.92 Å². The monoisotopic (exact) mass is 678 g/mol. The van der Waals surface area contributed by atoms with Gasteiger partial charge in [0.15, 0.2) is 0 Å². The predicted octanol–water partition coefficient (Wildman–Crippen LogP) is 12.3. The molecule has 0 fully saturated rings. The Labute approximate surface area is 309 Å². The van der Waals surface area contributed by atoms with Crippen molar-refractivity contribution >= 4 is 39.3 Å². The van der Waals surface area contributed by atoms with Crippen LogP contribution in [0, 0.1) is 0 Å². The second kappa shape index (κ2) is 11.8. The third-order valence-electron chi connectivity index (χ3n) is 11.1. The Kier molecular flexibility index (Phi) is 6.65. The number of rotatable bonds is 5. The zero-order chi connectivity index (χ0) is 34.9. The van der Waals surface area contributed by atoms with E-state index in [4.69, 9.17) is 4.98 Å². The van der Waals surface area contributed by atoms with Gasteiger partial charge in [0, 0.05) is 46.7 Å². The van der Waals surface area contributed by atoms with Crippen LogP contribution in [0.4, 0.5) is 28.4 Å². The van der Waals surface area contributed by atoms with Crippen molar-refractivity contribution in [1.82, 2.24) is 4.98 Å². The summed E-state index contributed by atoms with van der Waals surface area (Å²) < 4.78 is 0. The molecule has 0 saturated heterocycles. The van der Waals surface area contributed by atoms with E-state index in [0.29, 0.717) is 0 Å². The first kappa shape index (κ1) is 29.8. The minimum Gasteiger partial charge on any atom is -0.323 e. The summed E-state index contributed by atoms with van der Waals surface area (Å²) >= 11 is 0. The Hall–Kier alpha value is -6.91. The molecular formula is C49H34N4. The number of pyridine rings is 1. The van der Waals surface area contributed by atoms with Crippen LogP contribution in [-0.4, -0.2) is 11.5 Å². The third-order valence-corrected chi connectivity index (χ3v) is 11.1. The molecule has 4 heteroatoms. The normalized spacial score (nSPS) is 15.5. The first-order valence-electron chi connectivity index (χ1n) is 18.3. The molecule has 0 saturated carbocycles. The number of para-hydroxylation sites is 5. The highest BCUT2D eigenvalue weighted by atomic mass is 15.4. The maximum atomic E-state index is 4.79. The molecule has 0 N–H and O–H groups in total. The van der Waals surface area contributed by atoms with E-state index in [1.165, 1.54) is 62.1 Å². The quantitative estimate of drug-likeness (QED) is 0.181. The molecular weight excluding hydrogens is 645 g/mol. The third kappa shape index (κ3) is 4.59. The van der Waals surface area contributed by atoms with Crippen molar-refractivity contribution in [3.05, 3.63) is 205 Å². The smallest absolute Gasteiger partial charge is 0.139 e. The van der Waals surface area contributed by atoms with Crippen LogP contribution in [0.15, 0.2) is 200 Å². The van der Waals surface area contributed by atoms with Crippen molar-refractivity contribution in [2.45, 2.75) is 5.92 Å². The highest BCUT2D eigenvalue weighted by Gasteiger charge is 2.49. The number of benzene rings is 7. The number of hydrogen-bond acceptors (Lipinski definition) is 4. The van der Waals surface area contributed by atoms with Crippen LogP contribution in [0.5, 0.6) is 0 Å². The first-order chi connectivity index (χ1) is 26.3. The molecule has 53 heavy (non-hydrogen) atoms. The zero-order valence-corrected chi connectivity index (χ0v) is 29.0. The molecule has 8 aromatic rings. The Bertz CT molecular complexity index is 2730. The Morgan fingerprint density at radius 3 is 1.98 bits per heavy atom. The van der Waals surface area contributed by atoms with E-state index < -0.39 is 0 Å². The van der Waals surface area contributed by atoms with Gasteiger partial charge in [0.2, 0.25) is 0 Å². The van der Waals surface area contributed by atoms with E-state index in [1.54, 1.807) is 0 Å². The molecule has 0 radical (unpaired) electrons. The fourth-order valence-electron chi connectivity index (χ4n) is 8.80. The molecule has 7 aromatic carbocycles. The number of nitrogens with zero attached hydrogens (tertiary/aromatic N) is 4. The maximum Gasteiger partial charge on any atom is 0.139 e. The summed E-state index contributed by atoms with van der Waals surface area (Å²) in [6.45, 7) is 0.897. The van der Waals surface area contributed by atoms with Gasteiger partial charge in [0.05, 0.1) is 22.6 Å². The van der Waals surface area contributed by atoms with Crippen LogP contribution in [0.25, 0.3) is 44.3 Å². The first-order valence-corrected chi connectivity index (χ1v) is 18.3. The van der Waals surface area contributed by atoms with E-state index in [0.717, 1.165) is 34.3 Å². The molecule has 250 valence electrons. The standard InChI is InChI=1S/C49H34N4/c1-3-14-33(15-4-1)39-28-27-38(31-42(39)36-18-11-17-35(30-36)40-23-12-16-34-19-13-29-50-47(34)40)53-46-26-10-9-25-45(46)51-32-43-41-22-7-8-24-44(41)52(48(43)49(51)53)37-20-5-2-6-21-37/h1-31,43H,32H2. The molecule has 0 spiro atoms. The lowest BCUT2D eigenvalue weighted by molar-refractivity contribution is 0.856. The molecule has 1 aromatic heterocycles.